The summed E-state index contributed by atoms with van der Waals surface area (Å²) in [6, 6.07) is 11.3. The minimum absolute atomic E-state index is 0.144. The van der Waals surface area contributed by atoms with Crippen molar-refractivity contribution in [2.24, 2.45) is 4.99 Å². The highest BCUT2D eigenvalue weighted by Gasteiger charge is 2.40. The highest BCUT2D eigenvalue weighted by molar-refractivity contribution is 6.00. The van der Waals surface area contributed by atoms with Crippen molar-refractivity contribution in [2.45, 2.75) is 18.5 Å². The summed E-state index contributed by atoms with van der Waals surface area (Å²) in [5.74, 6) is -0.762. The molecule has 0 bridgehead atoms. The number of alkyl halides is 2. The lowest BCUT2D eigenvalue weighted by molar-refractivity contribution is 0.125. The molecule has 0 amide bonds. The summed E-state index contributed by atoms with van der Waals surface area (Å²) in [5.41, 5.74) is -0.000861. The van der Waals surface area contributed by atoms with Crippen molar-refractivity contribution in [3.05, 3.63) is 99.7 Å². The maximum Gasteiger partial charge on any atom is 0.256 e. The van der Waals surface area contributed by atoms with Crippen LogP contribution in [0.3, 0.4) is 0 Å². The molecule has 30 heavy (non-hydrogen) atoms. The van der Waals surface area contributed by atoms with Gasteiger partial charge in [0.2, 0.25) is 5.95 Å². The Kier molecular flexibility index (Phi) is 5.11. The second-order valence-electron chi connectivity index (χ2n) is 6.87. The molecule has 0 aliphatic carbocycles. The first-order valence-corrected chi connectivity index (χ1v) is 9.07. The Morgan fingerprint density at radius 1 is 1.07 bits per heavy atom. The van der Waals surface area contributed by atoms with Crippen LogP contribution in [0.4, 0.5) is 17.6 Å². The summed E-state index contributed by atoms with van der Waals surface area (Å²) in [6.07, 6.45) is -0.0679. The molecule has 3 aromatic rings. The van der Waals surface area contributed by atoms with E-state index in [0.717, 1.165) is 4.57 Å². The highest BCUT2D eigenvalue weighted by atomic mass is 19.3. The minimum Gasteiger partial charge on any atom is -0.355 e. The number of benzene rings is 1. The van der Waals surface area contributed by atoms with E-state index >= 15 is 0 Å². The molecule has 3 heterocycles. The fourth-order valence-corrected chi connectivity index (χ4v) is 3.50. The number of nitrogens with one attached hydrogen (secondary N) is 1. The molecule has 1 aromatic carbocycles. The topological polar surface area (TPSA) is 59.3 Å². The zero-order chi connectivity index (χ0) is 21.3. The number of halogens is 4. The zero-order valence-electron chi connectivity index (χ0n) is 15.5. The Morgan fingerprint density at radius 2 is 1.83 bits per heavy atom. The Labute approximate surface area is 168 Å². The van der Waals surface area contributed by atoms with E-state index in [-0.39, 0.29) is 6.54 Å². The molecular weight excluding hydrogens is 400 g/mol. The molecule has 0 fully saturated rings. The van der Waals surface area contributed by atoms with Gasteiger partial charge in [0.15, 0.2) is 0 Å². The molecule has 1 N–H and O–H groups in total. The average molecular weight is 416 g/mol. The SMILES string of the molecule is O=c1ccc(C2=NC[C@](c3ccc(F)cc3)(c3ccnc(F)c3)N2)cn1CC(F)F. The molecule has 154 valence electrons. The van der Waals surface area contributed by atoms with Gasteiger partial charge < -0.3 is 9.88 Å². The van der Waals surface area contributed by atoms with Gasteiger partial charge in [0, 0.05) is 24.0 Å². The van der Waals surface area contributed by atoms with Crippen molar-refractivity contribution >= 4 is 5.84 Å². The molecule has 0 unspecified atom stereocenters. The van der Waals surface area contributed by atoms with Crippen LogP contribution in [0.25, 0.3) is 0 Å². The number of hydrogen-bond donors (Lipinski definition) is 1. The van der Waals surface area contributed by atoms with E-state index in [1.807, 2.05) is 0 Å². The summed E-state index contributed by atoms with van der Waals surface area (Å²) in [5, 5.41) is 3.23. The van der Waals surface area contributed by atoms with Crippen LogP contribution in [0.2, 0.25) is 0 Å². The number of amidine groups is 1. The van der Waals surface area contributed by atoms with Crippen LogP contribution >= 0.6 is 0 Å². The standard InChI is InChI=1S/C21H16F4N4O/c22-16-4-2-14(3-5-16)21(15-7-8-26-18(25)9-15)12-27-20(28-21)13-1-6-19(30)29(10-13)11-17(23)24/h1-10,17H,11-12H2,(H,27,28)/t21-/m0/s1. The van der Waals surface area contributed by atoms with Gasteiger partial charge in [-0.15, -0.1) is 0 Å². The average Bonchev–Trinajstić information content (AvgIpc) is 3.16. The maximum absolute atomic E-state index is 13.9. The van der Waals surface area contributed by atoms with E-state index in [2.05, 4.69) is 15.3 Å². The quantitative estimate of drug-likeness (QED) is 0.514. The second-order valence-corrected chi connectivity index (χ2v) is 6.87. The van der Waals surface area contributed by atoms with Crippen molar-refractivity contribution in [1.29, 1.82) is 0 Å². The van der Waals surface area contributed by atoms with Gasteiger partial charge in [-0.25, -0.2) is 18.2 Å². The summed E-state index contributed by atoms with van der Waals surface area (Å²) in [6.45, 7) is -0.593. The number of aromatic nitrogens is 2. The third-order valence-corrected chi connectivity index (χ3v) is 4.95. The number of rotatable bonds is 5. The predicted molar refractivity (Wildman–Crippen MR) is 103 cm³/mol. The van der Waals surface area contributed by atoms with E-state index in [9.17, 15) is 22.4 Å². The van der Waals surface area contributed by atoms with Crippen molar-refractivity contribution in [2.75, 3.05) is 6.54 Å². The Morgan fingerprint density at radius 3 is 2.53 bits per heavy atom. The lowest BCUT2D eigenvalue weighted by Gasteiger charge is -2.31. The molecular formula is C21H16F4N4O. The van der Waals surface area contributed by atoms with Gasteiger partial charge in [-0.3, -0.25) is 9.79 Å². The van der Waals surface area contributed by atoms with E-state index in [4.69, 9.17) is 0 Å². The van der Waals surface area contributed by atoms with E-state index in [1.54, 1.807) is 18.2 Å². The first kappa shape index (κ1) is 19.8. The fourth-order valence-electron chi connectivity index (χ4n) is 3.50. The Hall–Kier alpha value is -3.49. The van der Waals surface area contributed by atoms with Gasteiger partial charge in [-0.2, -0.15) is 4.39 Å². The smallest absolute Gasteiger partial charge is 0.256 e. The van der Waals surface area contributed by atoms with Gasteiger partial charge in [0.25, 0.3) is 12.0 Å². The summed E-state index contributed by atoms with van der Waals surface area (Å²) >= 11 is 0. The van der Waals surface area contributed by atoms with Crippen LogP contribution in [-0.4, -0.2) is 28.4 Å². The zero-order valence-corrected chi connectivity index (χ0v) is 15.5. The van der Waals surface area contributed by atoms with Crippen LogP contribution in [0, 0.1) is 11.8 Å². The molecule has 0 saturated carbocycles. The van der Waals surface area contributed by atoms with E-state index in [0.29, 0.717) is 22.5 Å². The summed E-state index contributed by atoms with van der Waals surface area (Å²) in [4.78, 5) is 19.9. The van der Waals surface area contributed by atoms with Gasteiger partial charge in [-0.1, -0.05) is 12.1 Å². The van der Waals surface area contributed by atoms with Crippen LogP contribution in [-0.2, 0) is 12.1 Å². The monoisotopic (exact) mass is 416 g/mol. The molecule has 9 heteroatoms. The largest absolute Gasteiger partial charge is 0.355 e. The van der Waals surface area contributed by atoms with Crippen molar-refractivity contribution in [3.8, 4) is 0 Å². The van der Waals surface area contributed by atoms with Crippen molar-refractivity contribution in [1.82, 2.24) is 14.9 Å². The van der Waals surface area contributed by atoms with Crippen LogP contribution < -0.4 is 10.9 Å². The molecule has 2 aromatic heterocycles. The molecule has 0 saturated heterocycles. The van der Waals surface area contributed by atoms with Gasteiger partial charge >= 0.3 is 0 Å². The lowest BCUT2D eigenvalue weighted by atomic mass is 9.83. The highest BCUT2D eigenvalue weighted by Crippen LogP contribution is 2.34. The number of hydrogen-bond acceptors (Lipinski definition) is 4. The maximum atomic E-state index is 13.9. The number of pyridine rings is 2. The Balaban J connectivity index is 1.75. The van der Waals surface area contributed by atoms with Gasteiger partial charge in [-0.05, 0) is 41.5 Å². The molecule has 1 atom stereocenters. The molecule has 1 aliphatic rings. The van der Waals surface area contributed by atoms with E-state index < -0.39 is 35.8 Å². The molecule has 1 aliphatic heterocycles. The normalized spacial score (nSPS) is 18.4. The molecule has 5 nitrogen and oxygen atoms in total. The third kappa shape index (κ3) is 3.70. The second kappa shape index (κ2) is 7.74. The first-order valence-electron chi connectivity index (χ1n) is 9.07. The number of aliphatic imine (C=N–C) groups is 1. The van der Waals surface area contributed by atoms with Crippen molar-refractivity contribution < 1.29 is 17.6 Å². The molecule has 4 rings (SSSR count). The Bertz CT molecular complexity index is 1160. The lowest BCUT2D eigenvalue weighted by Crippen LogP contribution is -2.44. The third-order valence-electron chi connectivity index (χ3n) is 4.95. The van der Waals surface area contributed by atoms with Crippen molar-refractivity contribution in [3.63, 3.8) is 0 Å². The fraction of sp³-hybridized carbons (Fsp3) is 0.190. The van der Waals surface area contributed by atoms with E-state index in [1.165, 1.54) is 42.7 Å². The molecule has 0 spiro atoms. The van der Waals surface area contributed by atoms with Gasteiger partial charge in [0.1, 0.15) is 17.2 Å². The summed E-state index contributed by atoms with van der Waals surface area (Å²) < 4.78 is 53.8. The minimum atomic E-state index is -2.69. The van der Waals surface area contributed by atoms with Crippen LogP contribution in [0.5, 0.6) is 0 Å². The first-order chi connectivity index (χ1) is 14.4. The van der Waals surface area contributed by atoms with Crippen LogP contribution in [0.15, 0.2) is 70.7 Å². The summed E-state index contributed by atoms with van der Waals surface area (Å²) in [7, 11) is 0. The number of nitrogens with zero attached hydrogens (tertiary/aromatic N) is 3. The van der Waals surface area contributed by atoms with Gasteiger partial charge in [0.05, 0.1) is 13.1 Å². The predicted octanol–water partition coefficient (Wildman–Crippen LogP) is 3.08. The van der Waals surface area contributed by atoms with Crippen LogP contribution in [0.1, 0.15) is 16.7 Å². The molecule has 0 radical (unpaired) electrons.